The molecule has 1 saturated heterocycles. The molecule has 1 aliphatic heterocycles. The monoisotopic (exact) mass is 485 g/mol. The van der Waals surface area contributed by atoms with Gasteiger partial charge in [0.05, 0.1) is 25.8 Å². The zero-order chi connectivity index (χ0) is 26.0. The highest BCUT2D eigenvalue weighted by Gasteiger charge is 2.46. The van der Waals surface area contributed by atoms with Gasteiger partial charge in [0.1, 0.15) is 17.3 Å². The summed E-state index contributed by atoms with van der Waals surface area (Å²) in [6.07, 6.45) is 0. The number of hydrogen-bond acceptors (Lipinski definition) is 5. The van der Waals surface area contributed by atoms with Crippen molar-refractivity contribution in [3.63, 3.8) is 0 Å². The number of methoxy groups -OCH3 is 2. The average molecular weight is 486 g/mol. The van der Waals surface area contributed by atoms with Gasteiger partial charge in [-0.1, -0.05) is 55.8 Å². The number of Topliss-reactive ketones (excluding diaryl/α,β-unsaturated/α-hetero) is 1. The highest BCUT2D eigenvalue weighted by molar-refractivity contribution is 6.46. The van der Waals surface area contributed by atoms with Gasteiger partial charge in [0, 0.05) is 12.1 Å². The van der Waals surface area contributed by atoms with E-state index in [0.29, 0.717) is 17.1 Å². The minimum absolute atomic E-state index is 0.0824. The number of aliphatic hydroxyl groups excluding tert-OH is 1. The van der Waals surface area contributed by atoms with Gasteiger partial charge < -0.3 is 19.5 Å². The van der Waals surface area contributed by atoms with Crippen LogP contribution in [0, 0.1) is 6.92 Å². The number of ketones is 1. The van der Waals surface area contributed by atoms with E-state index in [-0.39, 0.29) is 23.8 Å². The van der Waals surface area contributed by atoms with Gasteiger partial charge in [-0.25, -0.2) is 0 Å². The van der Waals surface area contributed by atoms with Crippen LogP contribution in [0.25, 0.3) is 5.76 Å². The maximum absolute atomic E-state index is 13.4. The summed E-state index contributed by atoms with van der Waals surface area (Å²) in [7, 11) is 3.19. The maximum Gasteiger partial charge on any atom is 0.295 e. The van der Waals surface area contributed by atoms with Crippen molar-refractivity contribution in [1.29, 1.82) is 0 Å². The molecule has 3 aromatic rings. The van der Waals surface area contributed by atoms with Gasteiger partial charge in [0.15, 0.2) is 0 Å². The van der Waals surface area contributed by atoms with Crippen LogP contribution in [-0.2, 0) is 16.1 Å². The number of benzene rings is 3. The zero-order valence-corrected chi connectivity index (χ0v) is 21.2. The number of hydrogen-bond donors (Lipinski definition) is 1. The van der Waals surface area contributed by atoms with Gasteiger partial charge in [0.25, 0.3) is 11.7 Å². The van der Waals surface area contributed by atoms with Crippen LogP contribution in [0.4, 0.5) is 0 Å². The van der Waals surface area contributed by atoms with E-state index < -0.39 is 17.7 Å². The number of ether oxygens (including phenoxy) is 2. The molecule has 1 heterocycles. The lowest BCUT2D eigenvalue weighted by Gasteiger charge is -2.26. The SMILES string of the molecule is COc1ccc(CN2C(=O)C(=O)/C(=C(\O)c3ccc(OC)c(C(C)C)c3)C2c2cccc(C)c2)cc1. The summed E-state index contributed by atoms with van der Waals surface area (Å²) in [5, 5.41) is 11.5. The summed E-state index contributed by atoms with van der Waals surface area (Å²) in [5.41, 5.74) is 4.07. The van der Waals surface area contributed by atoms with Gasteiger partial charge in [-0.3, -0.25) is 9.59 Å². The Balaban J connectivity index is 1.86. The molecule has 1 unspecified atom stereocenters. The largest absolute Gasteiger partial charge is 0.507 e. The summed E-state index contributed by atoms with van der Waals surface area (Å²) in [6.45, 7) is 6.23. The summed E-state index contributed by atoms with van der Waals surface area (Å²) in [5.74, 6) is 0.0125. The van der Waals surface area contributed by atoms with Gasteiger partial charge in [-0.15, -0.1) is 0 Å². The second-order valence-electron chi connectivity index (χ2n) is 9.30. The first-order valence-corrected chi connectivity index (χ1v) is 11.9. The Labute approximate surface area is 211 Å². The first kappa shape index (κ1) is 25.0. The third-order valence-electron chi connectivity index (χ3n) is 6.53. The van der Waals surface area contributed by atoms with Crippen LogP contribution in [0.5, 0.6) is 11.5 Å². The molecule has 1 atom stereocenters. The van der Waals surface area contributed by atoms with Gasteiger partial charge in [0.2, 0.25) is 0 Å². The number of rotatable bonds is 7. The first-order chi connectivity index (χ1) is 17.2. The normalized spacial score (nSPS) is 17.1. The molecule has 1 aliphatic rings. The Morgan fingerprint density at radius 1 is 0.972 bits per heavy atom. The lowest BCUT2D eigenvalue weighted by Crippen LogP contribution is -2.29. The predicted octanol–water partition coefficient (Wildman–Crippen LogP) is 5.76. The van der Waals surface area contributed by atoms with E-state index in [4.69, 9.17) is 9.47 Å². The number of aliphatic hydroxyl groups is 1. The standard InChI is InChI=1S/C30H31NO5/c1-18(2)24-16-22(11-14-25(24)36-5)28(32)26-27(21-8-6-7-19(3)15-21)31(30(34)29(26)33)17-20-9-12-23(35-4)13-10-20/h6-16,18,27,32H,17H2,1-5H3/b28-26-. The summed E-state index contributed by atoms with van der Waals surface area (Å²) >= 11 is 0. The smallest absolute Gasteiger partial charge is 0.295 e. The van der Waals surface area contributed by atoms with Crippen molar-refractivity contribution in [2.45, 2.75) is 39.3 Å². The lowest BCUT2D eigenvalue weighted by atomic mass is 9.92. The van der Waals surface area contributed by atoms with Crippen LogP contribution in [0.15, 0.2) is 72.3 Å². The lowest BCUT2D eigenvalue weighted by molar-refractivity contribution is -0.140. The van der Waals surface area contributed by atoms with Crippen LogP contribution in [0.2, 0.25) is 0 Å². The van der Waals surface area contributed by atoms with E-state index in [1.54, 1.807) is 26.4 Å². The fourth-order valence-corrected chi connectivity index (χ4v) is 4.65. The Morgan fingerprint density at radius 3 is 2.31 bits per heavy atom. The zero-order valence-electron chi connectivity index (χ0n) is 21.2. The van der Waals surface area contributed by atoms with Crippen LogP contribution < -0.4 is 9.47 Å². The van der Waals surface area contributed by atoms with Crippen LogP contribution in [0.3, 0.4) is 0 Å². The number of likely N-dealkylation sites (tertiary alicyclic amines) is 1. The summed E-state index contributed by atoms with van der Waals surface area (Å²) in [6, 6.07) is 19.6. The molecule has 0 saturated carbocycles. The Morgan fingerprint density at radius 2 is 1.69 bits per heavy atom. The molecule has 6 heteroatoms. The van der Waals surface area contributed by atoms with Crippen LogP contribution in [0.1, 0.15) is 53.6 Å². The van der Waals surface area contributed by atoms with E-state index in [0.717, 1.165) is 22.3 Å². The van der Waals surface area contributed by atoms with E-state index in [1.165, 1.54) is 4.90 Å². The van der Waals surface area contributed by atoms with Crippen molar-refractivity contribution >= 4 is 17.4 Å². The van der Waals surface area contributed by atoms with Crippen LogP contribution in [-0.4, -0.2) is 35.9 Å². The van der Waals surface area contributed by atoms with E-state index in [2.05, 4.69) is 0 Å². The minimum Gasteiger partial charge on any atom is -0.507 e. The fourth-order valence-electron chi connectivity index (χ4n) is 4.65. The molecule has 1 N–H and O–H groups in total. The Bertz CT molecular complexity index is 1320. The third kappa shape index (κ3) is 4.71. The summed E-state index contributed by atoms with van der Waals surface area (Å²) < 4.78 is 10.7. The van der Waals surface area contributed by atoms with Crippen molar-refractivity contribution < 1.29 is 24.2 Å². The van der Waals surface area contributed by atoms with Gasteiger partial charge in [-0.2, -0.15) is 0 Å². The highest BCUT2D eigenvalue weighted by atomic mass is 16.5. The summed E-state index contributed by atoms with van der Waals surface area (Å²) in [4.78, 5) is 28.2. The molecule has 0 aromatic heterocycles. The van der Waals surface area contributed by atoms with Crippen molar-refractivity contribution in [1.82, 2.24) is 4.90 Å². The molecule has 0 bridgehead atoms. The topological polar surface area (TPSA) is 76.1 Å². The molecule has 4 rings (SSSR count). The quantitative estimate of drug-likeness (QED) is 0.262. The highest BCUT2D eigenvalue weighted by Crippen LogP contribution is 2.41. The number of amides is 1. The number of nitrogens with zero attached hydrogens (tertiary/aromatic N) is 1. The van der Waals surface area contributed by atoms with E-state index in [9.17, 15) is 14.7 Å². The molecule has 186 valence electrons. The van der Waals surface area contributed by atoms with Crippen LogP contribution >= 0.6 is 0 Å². The van der Waals surface area contributed by atoms with Crippen molar-refractivity contribution in [2.24, 2.45) is 0 Å². The Kier molecular flexibility index (Phi) is 7.15. The van der Waals surface area contributed by atoms with Gasteiger partial charge in [-0.05, 0) is 59.9 Å². The van der Waals surface area contributed by atoms with Gasteiger partial charge >= 0.3 is 0 Å². The first-order valence-electron chi connectivity index (χ1n) is 11.9. The average Bonchev–Trinajstić information content (AvgIpc) is 3.13. The molecule has 3 aromatic carbocycles. The van der Waals surface area contributed by atoms with E-state index >= 15 is 0 Å². The molecule has 1 amide bonds. The second-order valence-corrected chi connectivity index (χ2v) is 9.30. The molecule has 6 nitrogen and oxygen atoms in total. The molecule has 36 heavy (non-hydrogen) atoms. The van der Waals surface area contributed by atoms with Crippen molar-refractivity contribution in [3.05, 3.63) is 100 Å². The molecule has 0 aliphatic carbocycles. The van der Waals surface area contributed by atoms with Crippen molar-refractivity contribution in [2.75, 3.05) is 14.2 Å². The molecular weight excluding hydrogens is 454 g/mol. The molecule has 0 spiro atoms. The Hall–Kier alpha value is -4.06. The minimum atomic E-state index is -0.725. The van der Waals surface area contributed by atoms with Crippen molar-refractivity contribution in [3.8, 4) is 11.5 Å². The number of carbonyl (C=O) groups is 2. The fraction of sp³-hybridized carbons (Fsp3) is 0.267. The van der Waals surface area contributed by atoms with E-state index in [1.807, 2.05) is 75.4 Å². The number of carbonyl (C=O) groups excluding carboxylic acids is 2. The molecule has 0 radical (unpaired) electrons. The molecular formula is C30H31NO5. The molecule has 1 fully saturated rings. The maximum atomic E-state index is 13.4. The second kappa shape index (κ2) is 10.3. The predicted molar refractivity (Wildman–Crippen MR) is 139 cm³/mol. The third-order valence-corrected chi connectivity index (χ3v) is 6.53. The number of aryl methyl sites for hydroxylation is 1.